The molecule has 0 aromatic carbocycles. The molecule has 6 nitrogen and oxygen atoms in total. The summed E-state index contributed by atoms with van der Waals surface area (Å²) in [5.74, 6) is 0.913. The molecular formula is C19H22N6. The van der Waals surface area contributed by atoms with Crippen molar-refractivity contribution in [3.8, 4) is 0 Å². The van der Waals surface area contributed by atoms with Gasteiger partial charge in [-0.05, 0) is 19.8 Å². The third kappa shape index (κ3) is 2.35. The van der Waals surface area contributed by atoms with Crippen LogP contribution >= 0.6 is 0 Å². The fourth-order valence-corrected chi connectivity index (χ4v) is 4.40. The minimum Gasteiger partial charge on any atom is -0.289 e. The van der Waals surface area contributed by atoms with Crippen molar-refractivity contribution in [3.63, 3.8) is 0 Å². The quantitative estimate of drug-likeness (QED) is 0.737. The lowest BCUT2D eigenvalue weighted by atomic mass is 9.98. The first-order valence-corrected chi connectivity index (χ1v) is 9.12. The van der Waals surface area contributed by atoms with Gasteiger partial charge in [0, 0.05) is 67.3 Å². The van der Waals surface area contributed by atoms with Crippen LogP contribution in [0.3, 0.4) is 0 Å². The molecule has 5 heterocycles. The van der Waals surface area contributed by atoms with Crippen LogP contribution in [0.5, 0.6) is 0 Å². The molecule has 128 valence electrons. The predicted molar refractivity (Wildman–Crippen MR) is 94.1 cm³/mol. The van der Waals surface area contributed by atoms with Crippen LogP contribution in [-0.4, -0.2) is 35.5 Å². The molecule has 0 N–H and O–H groups in total. The van der Waals surface area contributed by atoms with Gasteiger partial charge in [0.25, 0.3) is 0 Å². The maximum Gasteiger partial charge on any atom is 0.155 e. The summed E-state index contributed by atoms with van der Waals surface area (Å²) in [6.45, 7) is 5.03. The zero-order chi connectivity index (χ0) is 17.0. The molecule has 2 atom stereocenters. The van der Waals surface area contributed by atoms with Crippen molar-refractivity contribution in [2.75, 3.05) is 0 Å². The lowest BCUT2D eigenvalue weighted by Crippen LogP contribution is -2.38. The third-order valence-corrected chi connectivity index (χ3v) is 5.61. The molecule has 0 unspecified atom stereocenters. The van der Waals surface area contributed by atoms with E-state index >= 15 is 0 Å². The summed E-state index contributed by atoms with van der Waals surface area (Å²) in [7, 11) is 0. The summed E-state index contributed by atoms with van der Waals surface area (Å²) in [5, 5.41) is 4.67. The van der Waals surface area contributed by atoms with E-state index in [0.717, 1.165) is 36.6 Å². The van der Waals surface area contributed by atoms with Gasteiger partial charge in [-0.3, -0.25) is 4.90 Å². The van der Waals surface area contributed by atoms with E-state index in [0.29, 0.717) is 12.1 Å². The van der Waals surface area contributed by atoms with Gasteiger partial charge in [0.1, 0.15) is 5.82 Å². The molecule has 1 saturated heterocycles. The standard InChI is InChI=1S/C19H22N6/c1-3-18-20-8-13(9-21-18)11-24-14-4-5-16(24)15-10-22-19-6-12(2)23-25(19)17(15)7-14/h6,8-10,14,16H,3-5,7,11H2,1-2H3/t14-,16-/m0/s1. The maximum absolute atomic E-state index is 4.67. The lowest BCUT2D eigenvalue weighted by molar-refractivity contribution is 0.164. The Morgan fingerprint density at radius 3 is 2.76 bits per heavy atom. The summed E-state index contributed by atoms with van der Waals surface area (Å²) in [5.41, 5.74) is 5.88. The van der Waals surface area contributed by atoms with Gasteiger partial charge in [0.05, 0.1) is 11.4 Å². The van der Waals surface area contributed by atoms with Crippen LogP contribution in [0.4, 0.5) is 0 Å². The molecule has 2 aliphatic rings. The molecule has 3 aromatic rings. The van der Waals surface area contributed by atoms with Gasteiger partial charge in [0.2, 0.25) is 0 Å². The number of nitrogens with zero attached hydrogens (tertiary/aromatic N) is 6. The van der Waals surface area contributed by atoms with Crippen molar-refractivity contribution in [2.45, 2.75) is 58.2 Å². The summed E-state index contributed by atoms with van der Waals surface area (Å²) in [4.78, 5) is 16.2. The lowest BCUT2D eigenvalue weighted by Gasteiger charge is -2.36. The van der Waals surface area contributed by atoms with Gasteiger partial charge in [-0.15, -0.1) is 0 Å². The number of aryl methyl sites for hydroxylation is 2. The maximum atomic E-state index is 4.67. The second-order valence-electron chi connectivity index (χ2n) is 7.20. The Hall–Kier alpha value is -2.34. The molecule has 0 saturated carbocycles. The van der Waals surface area contributed by atoms with E-state index in [9.17, 15) is 0 Å². The largest absolute Gasteiger partial charge is 0.289 e. The van der Waals surface area contributed by atoms with E-state index in [2.05, 4.69) is 48.7 Å². The van der Waals surface area contributed by atoms with Crippen molar-refractivity contribution >= 4 is 5.65 Å². The highest BCUT2D eigenvalue weighted by molar-refractivity contribution is 5.44. The molecule has 6 heteroatoms. The third-order valence-electron chi connectivity index (χ3n) is 5.61. The molecule has 0 aliphatic carbocycles. The van der Waals surface area contributed by atoms with Gasteiger partial charge in [-0.1, -0.05) is 6.92 Å². The molecule has 2 bridgehead atoms. The van der Waals surface area contributed by atoms with E-state index in [-0.39, 0.29) is 0 Å². The molecule has 1 fully saturated rings. The fraction of sp³-hybridized carbons (Fsp3) is 0.474. The van der Waals surface area contributed by atoms with Gasteiger partial charge in [-0.2, -0.15) is 5.10 Å². The van der Waals surface area contributed by atoms with Crippen molar-refractivity contribution in [2.24, 2.45) is 0 Å². The van der Waals surface area contributed by atoms with Crippen LogP contribution in [0, 0.1) is 6.92 Å². The van der Waals surface area contributed by atoms with Crippen molar-refractivity contribution in [3.05, 3.63) is 53.0 Å². The summed E-state index contributed by atoms with van der Waals surface area (Å²) in [6, 6.07) is 3.06. The van der Waals surface area contributed by atoms with Crippen LogP contribution in [0.15, 0.2) is 24.7 Å². The number of rotatable bonds is 3. The van der Waals surface area contributed by atoms with E-state index in [1.807, 2.05) is 19.3 Å². The Labute approximate surface area is 146 Å². The Balaban J connectivity index is 1.49. The molecular weight excluding hydrogens is 312 g/mol. The zero-order valence-corrected chi connectivity index (χ0v) is 14.7. The Morgan fingerprint density at radius 2 is 1.96 bits per heavy atom. The first kappa shape index (κ1) is 15.0. The Kier molecular flexibility index (Phi) is 3.35. The van der Waals surface area contributed by atoms with Crippen molar-refractivity contribution < 1.29 is 0 Å². The zero-order valence-electron chi connectivity index (χ0n) is 14.7. The Bertz CT molecular complexity index is 929. The smallest absolute Gasteiger partial charge is 0.155 e. The molecule has 25 heavy (non-hydrogen) atoms. The molecule has 0 spiro atoms. The van der Waals surface area contributed by atoms with Crippen molar-refractivity contribution in [1.82, 2.24) is 29.5 Å². The number of hydrogen-bond acceptors (Lipinski definition) is 5. The minimum atomic E-state index is 0.431. The highest BCUT2D eigenvalue weighted by atomic mass is 15.3. The molecule has 5 rings (SSSR count). The normalized spacial score (nSPS) is 22.5. The van der Waals surface area contributed by atoms with E-state index in [1.165, 1.54) is 29.7 Å². The molecule has 0 radical (unpaired) electrons. The van der Waals surface area contributed by atoms with Gasteiger partial charge in [0.15, 0.2) is 5.65 Å². The molecule has 3 aromatic heterocycles. The monoisotopic (exact) mass is 334 g/mol. The predicted octanol–water partition coefficient (Wildman–Crippen LogP) is 2.65. The van der Waals surface area contributed by atoms with Gasteiger partial charge in [-0.25, -0.2) is 19.5 Å². The van der Waals surface area contributed by atoms with Crippen LogP contribution in [0.25, 0.3) is 5.65 Å². The Morgan fingerprint density at radius 1 is 1.12 bits per heavy atom. The first-order valence-electron chi connectivity index (χ1n) is 9.12. The summed E-state index contributed by atoms with van der Waals surface area (Å²) >= 11 is 0. The summed E-state index contributed by atoms with van der Waals surface area (Å²) in [6.07, 6.45) is 10.4. The first-order chi connectivity index (χ1) is 12.2. The van der Waals surface area contributed by atoms with E-state index in [1.54, 1.807) is 0 Å². The minimum absolute atomic E-state index is 0.431. The van der Waals surface area contributed by atoms with Crippen LogP contribution in [-0.2, 0) is 19.4 Å². The second-order valence-corrected chi connectivity index (χ2v) is 7.20. The van der Waals surface area contributed by atoms with E-state index in [4.69, 9.17) is 0 Å². The molecule has 2 aliphatic heterocycles. The van der Waals surface area contributed by atoms with E-state index < -0.39 is 0 Å². The second kappa shape index (κ2) is 5.59. The average Bonchev–Trinajstić information content (AvgIpc) is 3.13. The van der Waals surface area contributed by atoms with Crippen LogP contribution in [0.1, 0.15) is 54.1 Å². The fourth-order valence-electron chi connectivity index (χ4n) is 4.40. The SMILES string of the molecule is CCc1ncc(CN2[C@H]3CC[C@H]2c2cnc4cc(C)nn4c2C3)cn1. The van der Waals surface area contributed by atoms with Crippen LogP contribution < -0.4 is 0 Å². The number of fused-ring (bicyclic) bond motifs is 6. The van der Waals surface area contributed by atoms with Crippen molar-refractivity contribution in [1.29, 1.82) is 0 Å². The number of aromatic nitrogens is 5. The highest BCUT2D eigenvalue weighted by Gasteiger charge is 2.41. The topological polar surface area (TPSA) is 59.2 Å². The molecule has 0 amide bonds. The van der Waals surface area contributed by atoms with Gasteiger partial charge < -0.3 is 0 Å². The number of hydrogen-bond donors (Lipinski definition) is 0. The summed E-state index contributed by atoms with van der Waals surface area (Å²) < 4.78 is 2.06. The average molecular weight is 334 g/mol. The van der Waals surface area contributed by atoms with Crippen LogP contribution in [0.2, 0.25) is 0 Å². The highest BCUT2D eigenvalue weighted by Crippen LogP contribution is 2.44. The van der Waals surface area contributed by atoms with Gasteiger partial charge >= 0.3 is 0 Å².